The van der Waals surface area contributed by atoms with Crippen molar-refractivity contribution in [2.45, 2.75) is 78.4 Å². The monoisotopic (exact) mass is 273 g/mol. The van der Waals surface area contributed by atoms with E-state index in [9.17, 15) is 0 Å². The van der Waals surface area contributed by atoms with E-state index in [0.29, 0.717) is 13.2 Å². The zero-order chi connectivity index (χ0) is 14.9. The van der Waals surface area contributed by atoms with Crippen LogP contribution in [0.25, 0.3) is 0 Å². The number of ether oxygens (including phenoxy) is 2. The highest BCUT2D eigenvalue weighted by Gasteiger charge is 2.22. The Morgan fingerprint density at radius 1 is 0.895 bits per heavy atom. The lowest BCUT2D eigenvalue weighted by molar-refractivity contribution is -0.0733. The van der Waals surface area contributed by atoms with Crippen LogP contribution in [0.3, 0.4) is 0 Å². The number of rotatable bonds is 11. The first kappa shape index (κ1) is 18.9. The molecule has 0 saturated carbocycles. The summed E-state index contributed by atoms with van der Waals surface area (Å²) in [5.74, 6) is 0.777. The van der Waals surface area contributed by atoms with E-state index in [4.69, 9.17) is 15.2 Å². The van der Waals surface area contributed by atoms with Crippen LogP contribution in [0.2, 0.25) is 0 Å². The van der Waals surface area contributed by atoms with Crippen molar-refractivity contribution in [2.75, 3.05) is 19.8 Å². The normalized spacial score (nSPS) is 13.3. The molecule has 0 rings (SSSR count). The van der Waals surface area contributed by atoms with Crippen LogP contribution in [0.1, 0.15) is 67.2 Å². The second kappa shape index (κ2) is 8.93. The van der Waals surface area contributed by atoms with Gasteiger partial charge in [-0.05, 0) is 46.5 Å². The van der Waals surface area contributed by atoms with Crippen LogP contribution in [0, 0.1) is 5.92 Å². The van der Waals surface area contributed by atoms with Gasteiger partial charge >= 0.3 is 0 Å². The van der Waals surface area contributed by atoms with E-state index in [1.165, 1.54) is 12.8 Å². The lowest BCUT2D eigenvalue weighted by Crippen LogP contribution is -2.32. The number of hydrogen-bond donors (Lipinski definition) is 1. The zero-order valence-electron chi connectivity index (χ0n) is 13.9. The predicted octanol–water partition coefficient (Wildman–Crippen LogP) is 3.75. The summed E-state index contributed by atoms with van der Waals surface area (Å²) < 4.78 is 11.7. The summed E-state index contributed by atoms with van der Waals surface area (Å²) in [6.45, 7) is 15.0. The highest BCUT2D eigenvalue weighted by Crippen LogP contribution is 2.22. The Balaban J connectivity index is 3.84. The fraction of sp³-hybridized carbons (Fsp3) is 1.00. The average molecular weight is 273 g/mol. The summed E-state index contributed by atoms with van der Waals surface area (Å²) >= 11 is 0. The van der Waals surface area contributed by atoms with E-state index in [1.807, 2.05) is 0 Å². The first-order chi connectivity index (χ1) is 8.68. The van der Waals surface area contributed by atoms with Gasteiger partial charge in [0.25, 0.3) is 0 Å². The van der Waals surface area contributed by atoms with Gasteiger partial charge in [0.1, 0.15) is 0 Å². The van der Waals surface area contributed by atoms with Crippen molar-refractivity contribution in [3.63, 3.8) is 0 Å². The Morgan fingerprint density at radius 3 is 1.95 bits per heavy atom. The van der Waals surface area contributed by atoms with Crippen molar-refractivity contribution in [1.29, 1.82) is 0 Å². The molecule has 0 aliphatic rings. The fourth-order valence-electron chi connectivity index (χ4n) is 1.99. The van der Waals surface area contributed by atoms with Gasteiger partial charge in [0.05, 0.1) is 24.4 Å². The van der Waals surface area contributed by atoms with Crippen molar-refractivity contribution in [3.8, 4) is 0 Å². The van der Waals surface area contributed by atoms with Gasteiger partial charge in [-0.15, -0.1) is 0 Å². The molecule has 2 N–H and O–H groups in total. The van der Waals surface area contributed by atoms with Crippen molar-refractivity contribution in [3.05, 3.63) is 0 Å². The Bertz CT molecular complexity index is 225. The SMILES string of the molecule is CC(C)CCCC(C)(C)OCCC(C)(C)OCCN. The maximum atomic E-state index is 6.02. The molecule has 0 unspecified atom stereocenters. The third kappa shape index (κ3) is 11.4. The van der Waals surface area contributed by atoms with Crippen molar-refractivity contribution < 1.29 is 9.47 Å². The third-order valence-corrected chi connectivity index (χ3v) is 3.37. The van der Waals surface area contributed by atoms with Crippen LogP contribution in [-0.2, 0) is 9.47 Å². The molecule has 3 heteroatoms. The molecule has 0 radical (unpaired) electrons. The molecule has 0 aromatic carbocycles. The van der Waals surface area contributed by atoms with Crippen LogP contribution < -0.4 is 5.73 Å². The quantitative estimate of drug-likeness (QED) is 0.623. The number of hydrogen-bond acceptors (Lipinski definition) is 3. The smallest absolute Gasteiger partial charge is 0.0649 e. The topological polar surface area (TPSA) is 44.5 Å². The molecule has 0 aliphatic heterocycles. The van der Waals surface area contributed by atoms with Gasteiger partial charge in [0.2, 0.25) is 0 Å². The first-order valence-corrected chi connectivity index (χ1v) is 7.66. The second-order valence-corrected chi connectivity index (χ2v) is 7.04. The van der Waals surface area contributed by atoms with E-state index in [-0.39, 0.29) is 11.2 Å². The summed E-state index contributed by atoms with van der Waals surface area (Å²) in [5.41, 5.74) is 5.28. The Labute approximate surface area is 120 Å². The Hall–Kier alpha value is -0.120. The Morgan fingerprint density at radius 2 is 1.42 bits per heavy atom. The molecule has 0 bridgehead atoms. The van der Waals surface area contributed by atoms with E-state index < -0.39 is 0 Å². The van der Waals surface area contributed by atoms with Gasteiger partial charge in [0.15, 0.2) is 0 Å². The third-order valence-electron chi connectivity index (χ3n) is 3.37. The molecule has 0 amide bonds. The summed E-state index contributed by atoms with van der Waals surface area (Å²) in [4.78, 5) is 0. The van der Waals surface area contributed by atoms with Gasteiger partial charge in [-0.3, -0.25) is 0 Å². The van der Waals surface area contributed by atoms with Crippen LogP contribution >= 0.6 is 0 Å². The maximum absolute atomic E-state index is 6.02. The molecule has 0 aromatic rings. The predicted molar refractivity (Wildman–Crippen MR) is 82.4 cm³/mol. The minimum atomic E-state index is -0.145. The molecule has 0 heterocycles. The average Bonchev–Trinajstić information content (AvgIpc) is 2.25. The highest BCUT2D eigenvalue weighted by molar-refractivity contribution is 4.72. The van der Waals surface area contributed by atoms with Crippen LogP contribution in [0.4, 0.5) is 0 Å². The summed E-state index contributed by atoms with van der Waals surface area (Å²) in [5, 5.41) is 0. The number of nitrogens with two attached hydrogens (primary N) is 1. The van der Waals surface area contributed by atoms with Crippen molar-refractivity contribution >= 4 is 0 Å². The minimum absolute atomic E-state index is 0.0289. The van der Waals surface area contributed by atoms with Crippen molar-refractivity contribution in [1.82, 2.24) is 0 Å². The fourth-order valence-corrected chi connectivity index (χ4v) is 1.99. The molecule has 0 aliphatic carbocycles. The van der Waals surface area contributed by atoms with E-state index >= 15 is 0 Å². The molecular formula is C16H35NO2. The summed E-state index contributed by atoms with van der Waals surface area (Å²) in [6, 6.07) is 0. The standard InChI is InChI=1S/C16H35NO2/c1-14(2)8-7-9-15(3,4)18-12-10-16(5,6)19-13-11-17/h14H,7-13,17H2,1-6H3. The van der Waals surface area contributed by atoms with Gasteiger partial charge in [-0.1, -0.05) is 26.7 Å². The van der Waals surface area contributed by atoms with E-state index in [0.717, 1.165) is 25.4 Å². The molecule has 0 spiro atoms. The maximum Gasteiger partial charge on any atom is 0.0649 e. The van der Waals surface area contributed by atoms with Crippen LogP contribution in [-0.4, -0.2) is 31.0 Å². The largest absolute Gasteiger partial charge is 0.375 e. The second-order valence-electron chi connectivity index (χ2n) is 7.04. The highest BCUT2D eigenvalue weighted by atomic mass is 16.5. The van der Waals surface area contributed by atoms with E-state index in [2.05, 4.69) is 41.5 Å². The molecule has 0 aromatic heterocycles. The molecule has 0 atom stereocenters. The van der Waals surface area contributed by atoms with Gasteiger partial charge in [-0.2, -0.15) is 0 Å². The first-order valence-electron chi connectivity index (χ1n) is 7.66. The molecule has 19 heavy (non-hydrogen) atoms. The van der Waals surface area contributed by atoms with Crippen LogP contribution in [0.5, 0.6) is 0 Å². The molecule has 0 saturated heterocycles. The van der Waals surface area contributed by atoms with Gasteiger partial charge < -0.3 is 15.2 Å². The van der Waals surface area contributed by atoms with Crippen molar-refractivity contribution in [2.24, 2.45) is 11.7 Å². The summed E-state index contributed by atoms with van der Waals surface area (Å²) in [7, 11) is 0. The molecule has 116 valence electrons. The lowest BCUT2D eigenvalue weighted by atomic mass is 9.97. The summed E-state index contributed by atoms with van der Waals surface area (Å²) in [6.07, 6.45) is 4.53. The Kier molecular flexibility index (Phi) is 8.88. The van der Waals surface area contributed by atoms with Gasteiger partial charge in [0, 0.05) is 6.54 Å². The molecule has 3 nitrogen and oxygen atoms in total. The zero-order valence-corrected chi connectivity index (χ0v) is 13.9. The lowest BCUT2D eigenvalue weighted by Gasteiger charge is -2.30. The van der Waals surface area contributed by atoms with E-state index in [1.54, 1.807) is 0 Å². The van der Waals surface area contributed by atoms with Crippen LogP contribution in [0.15, 0.2) is 0 Å². The minimum Gasteiger partial charge on any atom is -0.375 e. The van der Waals surface area contributed by atoms with Gasteiger partial charge in [-0.25, -0.2) is 0 Å². The molecule has 0 fully saturated rings. The molecular weight excluding hydrogens is 238 g/mol.